The monoisotopic (exact) mass is 532 g/mol. The van der Waals surface area contributed by atoms with E-state index in [1.807, 2.05) is 55.5 Å². The molecule has 0 spiro atoms. The van der Waals surface area contributed by atoms with Gasteiger partial charge in [-0.1, -0.05) is 71.1 Å². The predicted molar refractivity (Wildman–Crippen MR) is 141 cm³/mol. The van der Waals surface area contributed by atoms with E-state index in [1.54, 1.807) is 0 Å². The third-order valence-electron chi connectivity index (χ3n) is 6.68. The number of fused-ring (bicyclic) bond motifs is 2. The molecule has 1 N–H and O–H groups in total. The molecule has 6 rings (SSSR count). The number of thioether (sulfide) groups is 1. The molecule has 2 aliphatic heterocycles. The van der Waals surface area contributed by atoms with E-state index in [1.165, 1.54) is 36.0 Å². The van der Waals surface area contributed by atoms with Crippen LogP contribution < -0.4 is 14.5 Å². The second kappa shape index (κ2) is 9.32. The van der Waals surface area contributed by atoms with Crippen molar-refractivity contribution in [2.24, 2.45) is 5.92 Å². The van der Waals surface area contributed by atoms with Crippen molar-refractivity contribution >= 4 is 40.6 Å². The number of nitrogens with one attached hydrogen (secondary N) is 1. The number of ether oxygens (including phenoxy) is 1. The molecule has 6 nitrogen and oxygen atoms in total. The summed E-state index contributed by atoms with van der Waals surface area (Å²) in [6.45, 7) is 2.35. The van der Waals surface area contributed by atoms with E-state index in [9.17, 15) is 18.8 Å². The second-order valence-electron chi connectivity index (χ2n) is 9.05. The molecule has 2 aliphatic rings. The first-order chi connectivity index (χ1) is 17.9. The number of carbonyl (C=O) groups excluding carboxylic acids is 2. The normalized spacial score (nSPS) is 20.6. The highest BCUT2D eigenvalue weighted by atomic mass is 32.2. The van der Waals surface area contributed by atoms with Crippen LogP contribution in [0.15, 0.2) is 82.6 Å². The van der Waals surface area contributed by atoms with Gasteiger partial charge in [0.1, 0.15) is 23.4 Å². The molecule has 9 heteroatoms. The topological polar surface area (TPSA) is 79.5 Å². The number of aromatic amines is 1. The van der Waals surface area contributed by atoms with E-state index in [0.717, 1.165) is 32.9 Å². The van der Waals surface area contributed by atoms with Gasteiger partial charge in [-0.15, -0.1) is 0 Å². The van der Waals surface area contributed by atoms with E-state index in [4.69, 9.17) is 4.74 Å². The van der Waals surface area contributed by atoms with Crippen LogP contribution in [-0.2, 0) is 16.2 Å². The van der Waals surface area contributed by atoms with Gasteiger partial charge in [-0.05, 0) is 42.8 Å². The number of halogens is 1. The lowest BCUT2D eigenvalue weighted by molar-refractivity contribution is -0.122. The number of nitrogens with zero attached hydrogens (tertiary/aromatic N) is 1. The van der Waals surface area contributed by atoms with Crippen LogP contribution in [-0.4, -0.2) is 22.0 Å². The second-order valence-corrected chi connectivity index (χ2v) is 11.2. The molecular formula is C28H21FN2O4S2. The number of aryl methyl sites for hydroxylation is 1. The Hall–Kier alpha value is -3.69. The van der Waals surface area contributed by atoms with Gasteiger partial charge in [0.15, 0.2) is 0 Å². The number of thiazole rings is 1. The maximum absolute atomic E-state index is 13.8. The Balaban J connectivity index is 1.41. The lowest BCUT2D eigenvalue weighted by Crippen LogP contribution is -2.32. The van der Waals surface area contributed by atoms with Gasteiger partial charge in [0, 0.05) is 16.4 Å². The molecule has 0 bridgehead atoms. The van der Waals surface area contributed by atoms with Crippen LogP contribution in [0, 0.1) is 18.7 Å². The summed E-state index contributed by atoms with van der Waals surface area (Å²) in [7, 11) is 0. The number of amides is 2. The Bertz CT molecular complexity index is 1560. The summed E-state index contributed by atoms with van der Waals surface area (Å²) in [6.07, 6.45) is 0. The highest BCUT2D eigenvalue weighted by Crippen LogP contribution is 2.54. The van der Waals surface area contributed by atoms with Gasteiger partial charge in [-0.3, -0.25) is 14.4 Å². The summed E-state index contributed by atoms with van der Waals surface area (Å²) >= 11 is 2.26. The van der Waals surface area contributed by atoms with Crippen molar-refractivity contribution in [3.05, 3.63) is 110 Å². The number of hydrogen-bond acceptors (Lipinski definition) is 6. The minimum Gasteiger partial charge on any atom is -0.489 e. The van der Waals surface area contributed by atoms with Crippen molar-refractivity contribution in [3.8, 4) is 5.75 Å². The molecule has 1 fully saturated rings. The smallest absolute Gasteiger partial charge is 0.305 e. The van der Waals surface area contributed by atoms with Crippen LogP contribution >= 0.6 is 23.1 Å². The molecule has 0 aliphatic carbocycles. The van der Waals surface area contributed by atoms with Gasteiger partial charge >= 0.3 is 4.87 Å². The average molecular weight is 533 g/mol. The van der Waals surface area contributed by atoms with Crippen molar-refractivity contribution in [2.75, 3.05) is 4.90 Å². The number of para-hydroxylation sites is 1. The van der Waals surface area contributed by atoms with Gasteiger partial charge in [-0.25, -0.2) is 9.29 Å². The third kappa shape index (κ3) is 4.18. The Labute approximate surface area is 220 Å². The van der Waals surface area contributed by atoms with Gasteiger partial charge in [0.05, 0.1) is 16.6 Å². The standard InChI is InChI=1S/C28H21FN2O4S2/c1-15-6-8-16(9-7-15)14-35-20-5-3-2-4-19(20)21-22-24(36-25-23(21)37-28(34)30-25)27(33)31(26(22)32)18-12-10-17(29)11-13-18/h2-13,21-22,24H,14H2,1H3,(H,30,34)/t21-,22?,24?/m1/s1. The maximum Gasteiger partial charge on any atom is 0.305 e. The maximum atomic E-state index is 13.8. The molecule has 2 unspecified atom stereocenters. The van der Waals surface area contributed by atoms with E-state index < -0.39 is 22.9 Å². The Kier molecular flexibility index (Phi) is 5.97. The third-order valence-corrected chi connectivity index (χ3v) is 9.08. The molecule has 0 radical (unpaired) electrons. The van der Waals surface area contributed by atoms with Crippen molar-refractivity contribution < 1.29 is 18.7 Å². The number of imide groups is 1. The van der Waals surface area contributed by atoms with Crippen LogP contribution in [0.25, 0.3) is 0 Å². The van der Waals surface area contributed by atoms with Crippen LogP contribution in [0.5, 0.6) is 5.75 Å². The van der Waals surface area contributed by atoms with Crippen LogP contribution in [0.4, 0.5) is 10.1 Å². The number of anilines is 1. The lowest BCUT2D eigenvalue weighted by atomic mass is 9.82. The molecule has 3 atom stereocenters. The molecule has 4 aromatic rings. The number of hydrogen-bond donors (Lipinski definition) is 1. The predicted octanol–water partition coefficient (Wildman–Crippen LogP) is 5.26. The molecular weight excluding hydrogens is 511 g/mol. The zero-order valence-electron chi connectivity index (χ0n) is 19.6. The zero-order chi connectivity index (χ0) is 25.7. The zero-order valence-corrected chi connectivity index (χ0v) is 21.3. The summed E-state index contributed by atoms with van der Waals surface area (Å²) in [5.74, 6) is -1.92. The average Bonchev–Trinajstić information content (AvgIpc) is 3.39. The summed E-state index contributed by atoms with van der Waals surface area (Å²) in [6, 6.07) is 20.8. The molecule has 0 saturated carbocycles. The summed E-state index contributed by atoms with van der Waals surface area (Å²) in [5.41, 5.74) is 3.22. The fourth-order valence-corrected chi connectivity index (χ4v) is 7.42. The summed E-state index contributed by atoms with van der Waals surface area (Å²) < 4.78 is 19.8. The molecule has 186 valence electrons. The fraction of sp³-hybridized carbons (Fsp3) is 0.179. The first-order valence-electron chi connectivity index (χ1n) is 11.7. The van der Waals surface area contributed by atoms with Gasteiger partial charge < -0.3 is 9.72 Å². The largest absolute Gasteiger partial charge is 0.489 e. The molecule has 37 heavy (non-hydrogen) atoms. The van der Waals surface area contributed by atoms with Crippen LogP contribution in [0.2, 0.25) is 0 Å². The van der Waals surface area contributed by atoms with E-state index in [-0.39, 0.29) is 16.7 Å². The van der Waals surface area contributed by atoms with Gasteiger partial charge in [0.25, 0.3) is 0 Å². The van der Waals surface area contributed by atoms with E-state index >= 15 is 0 Å². The number of benzene rings is 3. The first kappa shape index (κ1) is 23.7. The van der Waals surface area contributed by atoms with E-state index in [2.05, 4.69) is 4.98 Å². The quantitative estimate of drug-likeness (QED) is 0.355. The number of aromatic nitrogens is 1. The fourth-order valence-electron chi connectivity index (χ4n) is 4.91. The first-order valence-corrected chi connectivity index (χ1v) is 13.4. The molecule has 1 saturated heterocycles. The lowest BCUT2D eigenvalue weighted by Gasteiger charge is -2.30. The van der Waals surface area contributed by atoms with Crippen LogP contribution in [0.3, 0.4) is 0 Å². The van der Waals surface area contributed by atoms with Gasteiger partial charge in [0.2, 0.25) is 11.8 Å². The van der Waals surface area contributed by atoms with Crippen molar-refractivity contribution in [2.45, 2.75) is 29.7 Å². The Morgan fingerprint density at radius 1 is 0.946 bits per heavy atom. The van der Waals surface area contributed by atoms with Crippen molar-refractivity contribution in [1.29, 1.82) is 0 Å². The van der Waals surface area contributed by atoms with Crippen LogP contribution in [0.1, 0.15) is 27.5 Å². The van der Waals surface area contributed by atoms with Gasteiger partial charge in [-0.2, -0.15) is 0 Å². The van der Waals surface area contributed by atoms with Crippen molar-refractivity contribution in [1.82, 2.24) is 4.98 Å². The molecule has 3 aromatic carbocycles. The van der Waals surface area contributed by atoms with E-state index in [0.29, 0.717) is 27.9 Å². The number of H-pyrrole nitrogens is 1. The number of carbonyl (C=O) groups is 2. The highest BCUT2D eigenvalue weighted by Gasteiger charge is 2.56. The molecule has 3 heterocycles. The Morgan fingerprint density at radius 2 is 1.68 bits per heavy atom. The minimum absolute atomic E-state index is 0.240. The minimum atomic E-state index is -0.745. The van der Waals surface area contributed by atoms with Crippen molar-refractivity contribution in [3.63, 3.8) is 0 Å². The molecule has 2 amide bonds. The molecule has 1 aromatic heterocycles. The summed E-state index contributed by atoms with van der Waals surface area (Å²) in [5, 5.41) is -0.137. The summed E-state index contributed by atoms with van der Waals surface area (Å²) in [4.78, 5) is 44.2. The SMILES string of the molecule is Cc1ccc(COc2ccccc2[C@H]2c3sc(=O)[nH]c3SC3C(=O)N(c4ccc(F)cc4)C(=O)C32)cc1. The number of rotatable bonds is 5. The highest BCUT2D eigenvalue weighted by molar-refractivity contribution is 8.00. The Morgan fingerprint density at radius 3 is 2.43 bits per heavy atom.